The Morgan fingerprint density at radius 2 is 1.82 bits per heavy atom. The number of nitro groups is 1. The molecule has 1 aromatic rings. The quantitative estimate of drug-likeness (QED) is 0.257. The van der Waals surface area contributed by atoms with Crippen LogP contribution < -0.4 is 0 Å². The van der Waals surface area contributed by atoms with Gasteiger partial charge in [0.05, 0.1) is 4.92 Å². The van der Waals surface area contributed by atoms with Crippen molar-refractivity contribution < 1.29 is 22.2 Å². The first kappa shape index (κ1) is 15.3. The third kappa shape index (κ3) is 7.23. The van der Waals surface area contributed by atoms with Gasteiger partial charge in [0, 0.05) is 6.07 Å². The Balaban J connectivity index is 0.000000437. The van der Waals surface area contributed by atoms with Crippen molar-refractivity contribution in [2.45, 2.75) is 0 Å². The molecule has 0 aliphatic heterocycles. The number of diazo groups is 1. The second kappa shape index (κ2) is 6.14. The number of rotatable bonds is 1. The number of benzene rings is 1. The Morgan fingerprint density at radius 3 is 2.18 bits per heavy atom. The number of non-ortho nitro benzene ring substituents is 1. The first-order chi connectivity index (χ1) is 7.65. The first-order valence-corrected chi connectivity index (χ1v) is 4.61. The molecule has 11 heteroatoms. The molecule has 1 rings (SSSR count). The molecule has 0 aromatic heterocycles. The molecule has 0 saturated carbocycles. The lowest BCUT2D eigenvalue weighted by atomic mass is 10.3. The Morgan fingerprint density at radius 1 is 1.35 bits per heavy atom. The molecule has 0 saturated heterocycles. The number of halogens is 5. The largest absolute Gasteiger partial charge is 0.673 e. The first-order valence-electron chi connectivity index (χ1n) is 3.81. The number of nitro benzene ring substituents is 1. The molecule has 0 aliphatic rings. The molecule has 0 spiro atoms. The highest BCUT2D eigenvalue weighted by atomic mass is 79.9. The number of hydrogen-bond acceptors (Lipinski definition) is 3. The smallest absolute Gasteiger partial charge is 0.418 e. The molecular weight excluding hydrogens is 313 g/mol. The lowest BCUT2D eigenvalue weighted by Crippen LogP contribution is -2.02. The van der Waals surface area contributed by atoms with Gasteiger partial charge in [-0.25, -0.2) is 0 Å². The van der Waals surface area contributed by atoms with Crippen LogP contribution in [-0.4, -0.2) is 12.2 Å². The van der Waals surface area contributed by atoms with Crippen molar-refractivity contribution in [2.75, 3.05) is 0 Å². The highest BCUT2D eigenvalue weighted by Gasteiger charge is 2.20. The summed E-state index contributed by atoms with van der Waals surface area (Å²) in [6.45, 7) is 0. The van der Waals surface area contributed by atoms with Gasteiger partial charge in [-0.3, -0.25) is 10.1 Å². The van der Waals surface area contributed by atoms with Crippen LogP contribution in [0.25, 0.3) is 4.98 Å². The zero-order valence-electron chi connectivity index (χ0n) is 7.86. The van der Waals surface area contributed by atoms with Crippen molar-refractivity contribution in [3.8, 4) is 0 Å². The Bertz CT molecular complexity index is 456. The van der Waals surface area contributed by atoms with Crippen molar-refractivity contribution in [1.82, 2.24) is 0 Å². The van der Waals surface area contributed by atoms with E-state index >= 15 is 0 Å². The summed E-state index contributed by atoms with van der Waals surface area (Å²) in [6, 6.07) is 3.94. The maximum Gasteiger partial charge on any atom is 0.673 e. The molecule has 0 bridgehead atoms. The SMILES string of the molecule is F[B-](F)(F)F.N#[N+]c1cc([N+](=O)[O-])ccc1Br. The summed E-state index contributed by atoms with van der Waals surface area (Å²) in [4.78, 5) is 12.6. The van der Waals surface area contributed by atoms with E-state index in [1.165, 1.54) is 18.2 Å². The summed E-state index contributed by atoms with van der Waals surface area (Å²) >= 11 is 3.06. The molecular formula is C6H3BBrF4N3O2. The summed E-state index contributed by atoms with van der Waals surface area (Å²) in [5.41, 5.74) is 0.0372. The van der Waals surface area contributed by atoms with Crippen molar-refractivity contribution in [3.05, 3.63) is 37.8 Å². The van der Waals surface area contributed by atoms with Crippen LogP contribution in [0.4, 0.5) is 28.6 Å². The van der Waals surface area contributed by atoms with Gasteiger partial charge in [-0.05, 0) is 22.0 Å². The van der Waals surface area contributed by atoms with E-state index in [2.05, 4.69) is 20.9 Å². The highest BCUT2D eigenvalue weighted by molar-refractivity contribution is 9.10. The average molecular weight is 316 g/mol. The van der Waals surface area contributed by atoms with E-state index in [-0.39, 0.29) is 11.4 Å². The fourth-order valence-electron chi connectivity index (χ4n) is 0.691. The summed E-state index contributed by atoms with van der Waals surface area (Å²) < 4.78 is 39.5. The Labute approximate surface area is 100 Å². The zero-order valence-corrected chi connectivity index (χ0v) is 9.44. The lowest BCUT2D eigenvalue weighted by Gasteiger charge is -1.94. The normalized spacial score (nSPS) is 9.88. The van der Waals surface area contributed by atoms with Crippen LogP contribution in [-0.2, 0) is 0 Å². The standard InChI is InChI=1S/C6H3BrN3O2.BF4/c7-5-2-1-4(10(11)12)3-6(5)9-8;2-1(3,4)5/h1-3H;/q+1;-1. The monoisotopic (exact) mass is 315 g/mol. The van der Waals surface area contributed by atoms with E-state index in [0.29, 0.717) is 4.47 Å². The Hall–Kier alpha value is -1.70. The minimum absolute atomic E-state index is 0.106. The topological polar surface area (TPSA) is 71.3 Å². The predicted octanol–water partition coefficient (Wildman–Crippen LogP) is 4.14. The van der Waals surface area contributed by atoms with Crippen molar-refractivity contribution in [3.63, 3.8) is 0 Å². The maximum atomic E-state index is 10.2. The van der Waals surface area contributed by atoms with Gasteiger partial charge in [0.25, 0.3) is 5.69 Å². The summed E-state index contributed by atoms with van der Waals surface area (Å²) in [5.74, 6) is 0. The van der Waals surface area contributed by atoms with Crippen LogP contribution in [0, 0.1) is 15.5 Å². The van der Waals surface area contributed by atoms with Gasteiger partial charge in [-0.1, -0.05) is 0 Å². The molecule has 17 heavy (non-hydrogen) atoms. The van der Waals surface area contributed by atoms with Crippen molar-refractivity contribution in [1.29, 1.82) is 5.39 Å². The van der Waals surface area contributed by atoms with E-state index < -0.39 is 12.2 Å². The van der Waals surface area contributed by atoms with Crippen LogP contribution in [0.2, 0.25) is 0 Å². The van der Waals surface area contributed by atoms with E-state index in [1.54, 1.807) is 0 Å². The van der Waals surface area contributed by atoms with Gasteiger partial charge < -0.3 is 17.3 Å². The van der Waals surface area contributed by atoms with Gasteiger partial charge in [-0.15, -0.1) is 0 Å². The van der Waals surface area contributed by atoms with Gasteiger partial charge in [0.15, 0.2) is 4.98 Å². The van der Waals surface area contributed by atoms with Crippen LogP contribution in [0.1, 0.15) is 0 Å². The van der Waals surface area contributed by atoms with Crippen LogP contribution in [0.15, 0.2) is 22.7 Å². The molecule has 5 nitrogen and oxygen atoms in total. The molecule has 0 atom stereocenters. The predicted molar refractivity (Wildman–Crippen MR) is 55.7 cm³/mol. The maximum absolute atomic E-state index is 10.2. The minimum Gasteiger partial charge on any atom is -0.418 e. The fraction of sp³-hybridized carbons (Fsp3) is 0. The zero-order chi connectivity index (χ0) is 13.6. The second-order valence-corrected chi connectivity index (χ2v) is 3.34. The minimum atomic E-state index is -6.00. The molecule has 0 unspecified atom stereocenters. The third-order valence-corrected chi connectivity index (χ3v) is 1.92. The van der Waals surface area contributed by atoms with E-state index in [0.717, 1.165) is 0 Å². The lowest BCUT2D eigenvalue weighted by molar-refractivity contribution is -0.384. The molecule has 0 heterocycles. The molecule has 0 N–H and O–H groups in total. The molecule has 92 valence electrons. The van der Waals surface area contributed by atoms with Crippen LogP contribution >= 0.6 is 15.9 Å². The molecule has 0 aliphatic carbocycles. The van der Waals surface area contributed by atoms with Gasteiger partial charge in [0.2, 0.25) is 5.39 Å². The summed E-state index contributed by atoms with van der Waals surface area (Å²) in [7, 11) is -6.00. The fourth-order valence-corrected chi connectivity index (χ4v) is 1.02. The van der Waals surface area contributed by atoms with E-state index in [1.807, 2.05) is 0 Å². The molecule has 0 fully saturated rings. The van der Waals surface area contributed by atoms with E-state index in [4.69, 9.17) is 5.39 Å². The number of hydrogen-bond donors (Lipinski definition) is 0. The summed E-state index contributed by atoms with van der Waals surface area (Å²) in [6.07, 6.45) is 0. The van der Waals surface area contributed by atoms with Crippen molar-refractivity contribution >= 4 is 34.6 Å². The molecule has 1 aromatic carbocycles. The molecule has 0 radical (unpaired) electrons. The third-order valence-electron chi connectivity index (χ3n) is 1.25. The van der Waals surface area contributed by atoms with Crippen LogP contribution in [0.3, 0.4) is 0 Å². The second-order valence-electron chi connectivity index (χ2n) is 2.49. The van der Waals surface area contributed by atoms with E-state index in [9.17, 15) is 27.4 Å². The molecule has 0 amide bonds. The summed E-state index contributed by atoms with van der Waals surface area (Å²) in [5, 5.41) is 18.6. The van der Waals surface area contributed by atoms with Gasteiger partial charge >= 0.3 is 12.9 Å². The average Bonchev–Trinajstić information content (AvgIpc) is 2.15. The van der Waals surface area contributed by atoms with Gasteiger partial charge in [-0.2, -0.15) is 0 Å². The Kier molecular flexibility index (Phi) is 5.53. The van der Waals surface area contributed by atoms with Gasteiger partial charge in [0.1, 0.15) is 10.5 Å². The highest BCUT2D eigenvalue weighted by Crippen LogP contribution is 2.29. The number of nitrogens with zero attached hydrogens (tertiary/aromatic N) is 3. The van der Waals surface area contributed by atoms with Crippen molar-refractivity contribution in [2.24, 2.45) is 0 Å². The van der Waals surface area contributed by atoms with Crippen LogP contribution in [0.5, 0.6) is 0 Å².